The van der Waals surface area contributed by atoms with Crippen LogP contribution >= 0.6 is 0 Å². The summed E-state index contributed by atoms with van der Waals surface area (Å²) in [4.78, 5) is 0. The number of aliphatic hydroxyl groups is 1. The van der Waals surface area contributed by atoms with E-state index in [1.54, 1.807) is 0 Å². The number of allylic oxidation sites excluding steroid dienone is 2. The minimum absolute atomic E-state index is 0.148. The molecular formula is C14H20O. The van der Waals surface area contributed by atoms with Crippen LogP contribution in [0.2, 0.25) is 0 Å². The molecule has 0 aromatic rings. The average molecular weight is 204 g/mol. The van der Waals surface area contributed by atoms with Crippen LogP contribution in [0.25, 0.3) is 0 Å². The van der Waals surface area contributed by atoms with Crippen LogP contribution in [-0.4, -0.2) is 10.7 Å². The van der Waals surface area contributed by atoms with Crippen LogP contribution in [0.1, 0.15) is 44.9 Å². The molecule has 0 spiro atoms. The van der Waals surface area contributed by atoms with Gasteiger partial charge in [-0.1, -0.05) is 31.1 Å². The molecule has 82 valence electrons. The van der Waals surface area contributed by atoms with Gasteiger partial charge in [-0.3, -0.25) is 0 Å². The molecule has 15 heavy (non-hydrogen) atoms. The molecule has 0 amide bonds. The van der Waals surface area contributed by atoms with E-state index in [0.717, 1.165) is 12.8 Å². The van der Waals surface area contributed by atoms with Gasteiger partial charge in [-0.05, 0) is 37.5 Å². The Hall–Kier alpha value is -0.560. The van der Waals surface area contributed by atoms with Crippen LogP contribution in [0.5, 0.6) is 0 Å². The third-order valence-corrected chi connectivity index (χ3v) is 5.44. The Morgan fingerprint density at radius 1 is 1.13 bits per heavy atom. The highest BCUT2D eigenvalue weighted by atomic mass is 16.3. The molecule has 1 N–H and O–H groups in total. The van der Waals surface area contributed by atoms with Crippen molar-refractivity contribution in [1.29, 1.82) is 0 Å². The van der Waals surface area contributed by atoms with Crippen molar-refractivity contribution in [1.82, 2.24) is 0 Å². The Bertz CT molecular complexity index is 332. The maximum absolute atomic E-state index is 10.6. The van der Waals surface area contributed by atoms with Crippen LogP contribution < -0.4 is 0 Å². The van der Waals surface area contributed by atoms with Crippen LogP contribution in [0.15, 0.2) is 24.8 Å². The molecule has 2 saturated carbocycles. The topological polar surface area (TPSA) is 20.2 Å². The number of rotatable bonds is 1. The highest BCUT2D eigenvalue weighted by Crippen LogP contribution is 2.74. The van der Waals surface area contributed by atoms with E-state index in [9.17, 15) is 5.11 Å². The second kappa shape index (κ2) is 2.76. The molecule has 0 aromatic heterocycles. The first-order valence-electron chi connectivity index (χ1n) is 6.19. The SMILES string of the molecule is C=C[C@]1(O)C[C@@]23CC=CC[C@]21CCCC3. The minimum atomic E-state index is -0.571. The Balaban J connectivity index is 2.06. The Morgan fingerprint density at radius 2 is 1.87 bits per heavy atom. The average Bonchev–Trinajstić information content (AvgIpc) is 2.26. The van der Waals surface area contributed by atoms with Crippen molar-refractivity contribution in [2.24, 2.45) is 10.8 Å². The van der Waals surface area contributed by atoms with E-state index < -0.39 is 5.60 Å². The quantitative estimate of drug-likeness (QED) is 0.650. The smallest absolute Gasteiger partial charge is 0.0895 e. The molecule has 3 aliphatic carbocycles. The zero-order chi connectivity index (χ0) is 10.6. The summed E-state index contributed by atoms with van der Waals surface area (Å²) >= 11 is 0. The summed E-state index contributed by atoms with van der Waals surface area (Å²) in [6.07, 6.45) is 14.8. The van der Waals surface area contributed by atoms with E-state index >= 15 is 0 Å². The van der Waals surface area contributed by atoms with Gasteiger partial charge >= 0.3 is 0 Å². The lowest BCUT2D eigenvalue weighted by atomic mass is 9.34. The summed E-state index contributed by atoms with van der Waals surface area (Å²) in [7, 11) is 0. The van der Waals surface area contributed by atoms with Crippen molar-refractivity contribution in [3.8, 4) is 0 Å². The lowest BCUT2D eigenvalue weighted by Crippen LogP contribution is -2.70. The van der Waals surface area contributed by atoms with E-state index in [0.29, 0.717) is 5.41 Å². The van der Waals surface area contributed by atoms with Crippen molar-refractivity contribution in [3.63, 3.8) is 0 Å². The van der Waals surface area contributed by atoms with Gasteiger partial charge in [0.25, 0.3) is 0 Å². The Labute approximate surface area is 91.9 Å². The van der Waals surface area contributed by atoms with Gasteiger partial charge in [0.2, 0.25) is 0 Å². The molecular weight excluding hydrogens is 184 g/mol. The lowest BCUT2D eigenvalue weighted by Gasteiger charge is -2.72. The van der Waals surface area contributed by atoms with Gasteiger partial charge in [0, 0.05) is 5.41 Å². The van der Waals surface area contributed by atoms with E-state index in [1.165, 1.54) is 32.1 Å². The molecule has 3 atom stereocenters. The van der Waals surface area contributed by atoms with Gasteiger partial charge in [-0.25, -0.2) is 0 Å². The van der Waals surface area contributed by atoms with E-state index in [2.05, 4.69) is 18.7 Å². The molecule has 0 heterocycles. The zero-order valence-corrected chi connectivity index (χ0v) is 9.34. The fourth-order valence-electron chi connectivity index (χ4n) is 4.63. The van der Waals surface area contributed by atoms with Gasteiger partial charge in [0.1, 0.15) is 0 Å². The van der Waals surface area contributed by atoms with E-state index in [-0.39, 0.29) is 5.41 Å². The minimum Gasteiger partial charge on any atom is -0.385 e. The van der Waals surface area contributed by atoms with Gasteiger partial charge in [0.05, 0.1) is 5.60 Å². The second-order valence-corrected chi connectivity index (χ2v) is 5.75. The first-order chi connectivity index (χ1) is 7.18. The molecule has 1 heteroatoms. The third-order valence-electron chi connectivity index (χ3n) is 5.44. The molecule has 0 aliphatic heterocycles. The van der Waals surface area contributed by atoms with E-state index in [4.69, 9.17) is 0 Å². The van der Waals surface area contributed by atoms with Crippen molar-refractivity contribution >= 4 is 0 Å². The predicted octanol–water partition coefficient (Wildman–Crippen LogP) is 3.20. The number of hydrogen-bond acceptors (Lipinski definition) is 1. The molecule has 1 nitrogen and oxygen atoms in total. The summed E-state index contributed by atoms with van der Waals surface area (Å²) < 4.78 is 0. The molecule has 3 rings (SSSR count). The fraction of sp³-hybridized carbons (Fsp3) is 0.714. The standard InChI is InChI=1S/C14H20O/c1-2-14(15)11-12-7-3-5-9-13(12,14)10-6-4-8-12/h2-3,5,15H,1,4,6-11H2/t12-,13-,14-/m0/s1. The van der Waals surface area contributed by atoms with Crippen LogP contribution in [0.3, 0.4) is 0 Å². The van der Waals surface area contributed by atoms with Crippen LogP contribution in [0.4, 0.5) is 0 Å². The molecule has 2 fully saturated rings. The molecule has 0 bridgehead atoms. The van der Waals surface area contributed by atoms with Crippen molar-refractivity contribution in [2.75, 3.05) is 0 Å². The van der Waals surface area contributed by atoms with Crippen molar-refractivity contribution in [3.05, 3.63) is 24.8 Å². The van der Waals surface area contributed by atoms with Gasteiger partial charge in [-0.15, -0.1) is 6.58 Å². The number of hydrogen-bond donors (Lipinski definition) is 1. The highest BCUT2D eigenvalue weighted by Gasteiger charge is 2.71. The first-order valence-corrected chi connectivity index (χ1v) is 6.19. The third kappa shape index (κ3) is 0.891. The zero-order valence-electron chi connectivity index (χ0n) is 9.34. The second-order valence-electron chi connectivity index (χ2n) is 5.75. The molecule has 0 aromatic carbocycles. The monoisotopic (exact) mass is 204 g/mol. The highest BCUT2D eigenvalue weighted by molar-refractivity contribution is 5.31. The maximum atomic E-state index is 10.6. The molecule has 0 unspecified atom stereocenters. The Kier molecular flexibility index (Phi) is 1.78. The van der Waals surface area contributed by atoms with Crippen molar-refractivity contribution in [2.45, 2.75) is 50.5 Å². The summed E-state index contributed by atoms with van der Waals surface area (Å²) in [6, 6.07) is 0. The molecule has 3 aliphatic rings. The van der Waals surface area contributed by atoms with E-state index in [1.807, 2.05) is 6.08 Å². The summed E-state index contributed by atoms with van der Waals surface area (Å²) in [5.74, 6) is 0. The van der Waals surface area contributed by atoms with Crippen LogP contribution in [0, 0.1) is 10.8 Å². The van der Waals surface area contributed by atoms with Gasteiger partial charge < -0.3 is 5.11 Å². The fourth-order valence-corrected chi connectivity index (χ4v) is 4.63. The summed E-state index contributed by atoms with van der Waals surface area (Å²) in [5.41, 5.74) is -0.00410. The summed E-state index contributed by atoms with van der Waals surface area (Å²) in [6.45, 7) is 3.85. The normalized spacial score (nSPS) is 52.6. The van der Waals surface area contributed by atoms with Crippen molar-refractivity contribution < 1.29 is 5.11 Å². The van der Waals surface area contributed by atoms with Crippen LogP contribution in [-0.2, 0) is 0 Å². The summed E-state index contributed by atoms with van der Waals surface area (Å²) in [5, 5.41) is 10.6. The van der Waals surface area contributed by atoms with Gasteiger partial charge in [0.15, 0.2) is 0 Å². The Morgan fingerprint density at radius 3 is 2.67 bits per heavy atom. The lowest BCUT2D eigenvalue weighted by molar-refractivity contribution is -0.261. The predicted molar refractivity (Wildman–Crippen MR) is 61.5 cm³/mol. The van der Waals surface area contributed by atoms with Gasteiger partial charge in [-0.2, -0.15) is 0 Å². The largest absolute Gasteiger partial charge is 0.385 e. The molecule has 0 radical (unpaired) electrons. The first kappa shape index (κ1) is 9.65. The maximum Gasteiger partial charge on any atom is 0.0895 e. The molecule has 0 saturated heterocycles.